The molecule has 1 amide bonds. The molecule has 0 atom stereocenters. The van der Waals surface area contributed by atoms with Gasteiger partial charge in [0, 0.05) is 39.4 Å². The molecule has 1 aromatic carbocycles. The van der Waals surface area contributed by atoms with Gasteiger partial charge in [-0.15, -0.1) is 0 Å². The highest BCUT2D eigenvalue weighted by Crippen LogP contribution is 2.32. The van der Waals surface area contributed by atoms with Gasteiger partial charge in [-0.05, 0) is 12.1 Å². The van der Waals surface area contributed by atoms with E-state index in [1.165, 1.54) is 4.90 Å². The van der Waals surface area contributed by atoms with Gasteiger partial charge in [0.15, 0.2) is 0 Å². The topological polar surface area (TPSA) is 71.5 Å². The standard InChI is InChI=1S/C15H22N2O5/c1-20-9-10-22-12-3-4-13(14(11-12)21-2)16-5-7-17(8-6-16)15(18)19/h3-4,11H,5-10H2,1-2H3,(H,18,19). The van der Waals surface area contributed by atoms with Crippen LogP contribution in [0, 0.1) is 0 Å². The van der Waals surface area contributed by atoms with Crippen LogP contribution in [-0.2, 0) is 4.74 Å². The maximum atomic E-state index is 10.9. The van der Waals surface area contributed by atoms with Gasteiger partial charge in [-0.3, -0.25) is 0 Å². The van der Waals surface area contributed by atoms with E-state index in [1.54, 1.807) is 14.2 Å². The molecule has 1 heterocycles. The number of carbonyl (C=O) groups is 1. The van der Waals surface area contributed by atoms with E-state index in [1.807, 2.05) is 18.2 Å². The quantitative estimate of drug-likeness (QED) is 0.803. The molecule has 0 aliphatic carbocycles. The van der Waals surface area contributed by atoms with E-state index in [9.17, 15) is 4.79 Å². The first-order valence-corrected chi connectivity index (χ1v) is 7.18. The predicted octanol–water partition coefficient (Wildman–Crippen LogP) is 1.52. The summed E-state index contributed by atoms with van der Waals surface area (Å²) < 4.78 is 16.0. The van der Waals surface area contributed by atoms with Crippen molar-refractivity contribution in [1.29, 1.82) is 0 Å². The number of nitrogens with zero attached hydrogens (tertiary/aromatic N) is 2. The zero-order chi connectivity index (χ0) is 15.9. The second-order valence-corrected chi connectivity index (χ2v) is 4.93. The van der Waals surface area contributed by atoms with Crippen molar-refractivity contribution in [3.63, 3.8) is 0 Å². The Hall–Kier alpha value is -2.15. The van der Waals surface area contributed by atoms with E-state index >= 15 is 0 Å². The van der Waals surface area contributed by atoms with Gasteiger partial charge in [0.1, 0.15) is 18.1 Å². The fourth-order valence-electron chi connectivity index (χ4n) is 2.39. The van der Waals surface area contributed by atoms with Crippen LogP contribution in [0.5, 0.6) is 11.5 Å². The molecule has 7 nitrogen and oxygen atoms in total. The number of piperazine rings is 1. The van der Waals surface area contributed by atoms with E-state index in [2.05, 4.69) is 4.90 Å². The van der Waals surface area contributed by atoms with Gasteiger partial charge < -0.3 is 29.1 Å². The first kappa shape index (κ1) is 16.2. The Morgan fingerprint density at radius 1 is 1.18 bits per heavy atom. The van der Waals surface area contributed by atoms with Crippen LogP contribution >= 0.6 is 0 Å². The average molecular weight is 310 g/mol. The molecule has 0 bridgehead atoms. The number of rotatable bonds is 6. The number of benzene rings is 1. The summed E-state index contributed by atoms with van der Waals surface area (Å²) in [5.41, 5.74) is 0.951. The van der Waals surface area contributed by atoms with Crippen LogP contribution in [0.4, 0.5) is 10.5 Å². The summed E-state index contributed by atoms with van der Waals surface area (Å²) >= 11 is 0. The van der Waals surface area contributed by atoms with Gasteiger partial charge in [0.25, 0.3) is 0 Å². The van der Waals surface area contributed by atoms with Gasteiger partial charge in [0.05, 0.1) is 19.4 Å². The smallest absolute Gasteiger partial charge is 0.407 e. The van der Waals surface area contributed by atoms with E-state index in [4.69, 9.17) is 19.3 Å². The molecule has 122 valence electrons. The van der Waals surface area contributed by atoms with Crippen molar-refractivity contribution in [2.24, 2.45) is 0 Å². The minimum atomic E-state index is -0.867. The Morgan fingerprint density at radius 3 is 2.50 bits per heavy atom. The van der Waals surface area contributed by atoms with Crippen molar-refractivity contribution in [2.45, 2.75) is 0 Å². The molecule has 22 heavy (non-hydrogen) atoms. The van der Waals surface area contributed by atoms with Crippen molar-refractivity contribution in [1.82, 2.24) is 4.90 Å². The Bertz CT molecular complexity index is 501. The van der Waals surface area contributed by atoms with Crippen LogP contribution < -0.4 is 14.4 Å². The van der Waals surface area contributed by atoms with E-state index < -0.39 is 6.09 Å². The average Bonchev–Trinajstić information content (AvgIpc) is 2.55. The van der Waals surface area contributed by atoms with Crippen LogP contribution in [0.15, 0.2) is 18.2 Å². The number of hydrogen-bond acceptors (Lipinski definition) is 5. The van der Waals surface area contributed by atoms with Gasteiger partial charge in [-0.1, -0.05) is 0 Å². The fraction of sp³-hybridized carbons (Fsp3) is 0.533. The van der Waals surface area contributed by atoms with Crippen molar-refractivity contribution in [2.75, 3.05) is 58.5 Å². The SMILES string of the molecule is COCCOc1ccc(N2CCN(C(=O)O)CC2)c(OC)c1. The zero-order valence-corrected chi connectivity index (χ0v) is 12.9. The highest BCUT2D eigenvalue weighted by atomic mass is 16.5. The van der Waals surface area contributed by atoms with Gasteiger partial charge in [-0.2, -0.15) is 0 Å². The maximum Gasteiger partial charge on any atom is 0.407 e. The molecule has 2 rings (SSSR count). The third-order valence-corrected chi connectivity index (χ3v) is 3.60. The molecule has 0 spiro atoms. The summed E-state index contributed by atoms with van der Waals surface area (Å²) in [5, 5.41) is 8.99. The lowest BCUT2D eigenvalue weighted by molar-refractivity contribution is 0.142. The Balaban J connectivity index is 2.03. The molecule has 0 unspecified atom stereocenters. The highest BCUT2D eigenvalue weighted by molar-refractivity contribution is 5.66. The third kappa shape index (κ3) is 3.94. The summed E-state index contributed by atoms with van der Waals surface area (Å²) in [6.07, 6.45) is -0.867. The van der Waals surface area contributed by atoms with Crippen LogP contribution in [0.25, 0.3) is 0 Å². The number of hydrogen-bond donors (Lipinski definition) is 1. The molecule has 1 aliphatic rings. The normalized spacial score (nSPS) is 14.8. The van der Waals surface area contributed by atoms with Crippen molar-refractivity contribution >= 4 is 11.8 Å². The Kier molecular flexibility index (Phi) is 5.71. The molecule has 1 aromatic rings. The highest BCUT2D eigenvalue weighted by Gasteiger charge is 2.22. The minimum absolute atomic E-state index is 0.482. The third-order valence-electron chi connectivity index (χ3n) is 3.60. The first-order chi connectivity index (χ1) is 10.7. The molecule has 1 N–H and O–H groups in total. The van der Waals surface area contributed by atoms with E-state index in [0.717, 1.165) is 17.2 Å². The van der Waals surface area contributed by atoms with Crippen molar-refractivity contribution < 1.29 is 24.1 Å². The molecule has 0 radical (unpaired) electrons. The lowest BCUT2D eigenvalue weighted by Gasteiger charge is -2.35. The Morgan fingerprint density at radius 2 is 1.91 bits per heavy atom. The summed E-state index contributed by atoms with van der Waals surface area (Å²) in [6, 6.07) is 5.67. The molecule has 0 aromatic heterocycles. The zero-order valence-electron chi connectivity index (χ0n) is 12.9. The van der Waals surface area contributed by atoms with Crippen molar-refractivity contribution in [3.8, 4) is 11.5 Å². The molecule has 1 saturated heterocycles. The summed E-state index contributed by atoms with van der Waals surface area (Å²) in [4.78, 5) is 14.5. The summed E-state index contributed by atoms with van der Waals surface area (Å²) in [7, 11) is 3.25. The van der Waals surface area contributed by atoms with Crippen LogP contribution in [0.1, 0.15) is 0 Å². The molecule has 1 aliphatic heterocycles. The number of anilines is 1. The predicted molar refractivity (Wildman–Crippen MR) is 82.2 cm³/mol. The van der Waals surface area contributed by atoms with E-state index in [-0.39, 0.29) is 0 Å². The monoisotopic (exact) mass is 310 g/mol. The first-order valence-electron chi connectivity index (χ1n) is 7.18. The largest absolute Gasteiger partial charge is 0.494 e. The summed E-state index contributed by atoms with van der Waals surface area (Å²) in [6.45, 7) is 3.28. The van der Waals surface area contributed by atoms with Crippen LogP contribution in [-0.4, -0.2) is 69.7 Å². The van der Waals surface area contributed by atoms with Crippen LogP contribution in [0.2, 0.25) is 0 Å². The van der Waals surface area contributed by atoms with Gasteiger partial charge in [0.2, 0.25) is 0 Å². The molecular formula is C15H22N2O5. The second-order valence-electron chi connectivity index (χ2n) is 4.93. The van der Waals surface area contributed by atoms with Gasteiger partial charge >= 0.3 is 6.09 Å². The maximum absolute atomic E-state index is 10.9. The van der Waals surface area contributed by atoms with Gasteiger partial charge in [-0.25, -0.2) is 4.79 Å². The lowest BCUT2D eigenvalue weighted by atomic mass is 10.2. The summed E-state index contributed by atoms with van der Waals surface area (Å²) in [5.74, 6) is 1.44. The number of carboxylic acid groups (broad SMARTS) is 1. The number of ether oxygens (including phenoxy) is 3. The second kappa shape index (κ2) is 7.74. The molecular weight excluding hydrogens is 288 g/mol. The minimum Gasteiger partial charge on any atom is -0.494 e. The number of methoxy groups -OCH3 is 2. The molecule has 0 saturated carbocycles. The Labute approximate surface area is 130 Å². The number of amides is 1. The lowest BCUT2D eigenvalue weighted by Crippen LogP contribution is -2.48. The van der Waals surface area contributed by atoms with E-state index in [0.29, 0.717) is 39.4 Å². The molecule has 1 fully saturated rings. The molecule has 7 heteroatoms. The van der Waals surface area contributed by atoms with Crippen LogP contribution in [0.3, 0.4) is 0 Å². The fourth-order valence-corrected chi connectivity index (χ4v) is 2.39. The van der Waals surface area contributed by atoms with Crippen molar-refractivity contribution in [3.05, 3.63) is 18.2 Å².